The van der Waals surface area contributed by atoms with Crippen molar-refractivity contribution in [2.75, 3.05) is 19.6 Å². The minimum atomic E-state index is 0.197. The maximum Gasteiger partial charge on any atom is 0.281 e. The molecule has 0 spiro atoms. The molecule has 6 rings (SSSR count). The van der Waals surface area contributed by atoms with Gasteiger partial charge in [-0.2, -0.15) is 4.98 Å². The van der Waals surface area contributed by atoms with Gasteiger partial charge in [-0.1, -0.05) is 11.3 Å². The zero-order valence-corrected chi connectivity index (χ0v) is 18.7. The minimum absolute atomic E-state index is 0.197. The lowest BCUT2D eigenvalue weighted by atomic mass is 10.1. The Morgan fingerprint density at radius 3 is 2.88 bits per heavy atom. The van der Waals surface area contributed by atoms with Crippen LogP contribution in [0.4, 0.5) is 0 Å². The first-order chi connectivity index (χ1) is 15.6. The van der Waals surface area contributed by atoms with Gasteiger partial charge < -0.3 is 14.1 Å². The highest BCUT2D eigenvalue weighted by Crippen LogP contribution is 2.34. The summed E-state index contributed by atoms with van der Waals surface area (Å²) in [6.07, 6.45) is 6.90. The molecule has 2 bridgehead atoms. The molecule has 2 aliphatic heterocycles. The number of amides is 1. The Morgan fingerprint density at radius 1 is 1.25 bits per heavy atom. The van der Waals surface area contributed by atoms with Gasteiger partial charge in [0.05, 0.1) is 11.0 Å². The predicted octanol–water partition coefficient (Wildman–Crippen LogP) is 4.47. The smallest absolute Gasteiger partial charge is 0.281 e. The summed E-state index contributed by atoms with van der Waals surface area (Å²) < 4.78 is 12.8. The number of pyridine rings is 1. The van der Waals surface area contributed by atoms with Crippen LogP contribution in [0.25, 0.3) is 21.3 Å². The maximum absolute atomic E-state index is 11.8. The molecule has 0 saturated carbocycles. The van der Waals surface area contributed by atoms with Gasteiger partial charge in [-0.15, -0.1) is 0 Å². The first-order valence-corrected chi connectivity index (χ1v) is 11.9. The molecule has 1 aromatic carbocycles. The average Bonchev–Trinajstić information content (AvgIpc) is 3.44. The van der Waals surface area contributed by atoms with Crippen molar-refractivity contribution in [2.45, 2.75) is 38.3 Å². The van der Waals surface area contributed by atoms with Gasteiger partial charge in [0.25, 0.3) is 5.19 Å². The Balaban J connectivity index is 1.15. The van der Waals surface area contributed by atoms with Crippen molar-refractivity contribution in [2.24, 2.45) is 0 Å². The highest BCUT2D eigenvalue weighted by molar-refractivity contribution is 7.20. The lowest BCUT2D eigenvalue weighted by Gasteiger charge is -2.40. The number of furan rings is 1. The van der Waals surface area contributed by atoms with Gasteiger partial charge in [-0.3, -0.25) is 9.69 Å². The molecule has 164 valence electrons. The fourth-order valence-corrected chi connectivity index (χ4v) is 5.87. The van der Waals surface area contributed by atoms with Gasteiger partial charge in [0.1, 0.15) is 11.3 Å². The van der Waals surface area contributed by atoms with E-state index < -0.39 is 0 Å². The van der Waals surface area contributed by atoms with Crippen molar-refractivity contribution in [3.05, 3.63) is 48.4 Å². The molecule has 8 heteroatoms. The summed E-state index contributed by atoms with van der Waals surface area (Å²) in [6.45, 7) is 4.39. The van der Waals surface area contributed by atoms with Gasteiger partial charge in [-0.05, 0) is 49.1 Å². The number of aromatic nitrogens is 2. The highest BCUT2D eigenvalue weighted by atomic mass is 32.1. The van der Waals surface area contributed by atoms with Gasteiger partial charge >= 0.3 is 0 Å². The molecule has 32 heavy (non-hydrogen) atoms. The molecule has 0 aliphatic carbocycles. The lowest BCUT2D eigenvalue weighted by molar-refractivity contribution is -0.132. The van der Waals surface area contributed by atoms with Crippen LogP contribution in [0, 0.1) is 0 Å². The number of piperazine rings is 1. The molecule has 2 unspecified atom stereocenters. The van der Waals surface area contributed by atoms with E-state index in [9.17, 15) is 4.79 Å². The van der Waals surface area contributed by atoms with Crippen molar-refractivity contribution < 1.29 is 13.9 Å². The van der Waals surface area contributed by atoms with E-state index in [2.05, 4.69) is 20.9 Å². The molecule has 0 N–H and O–H groups in total. The number of rotatable bonds is 5. The van der Waals surface area contributed by atoms with E-state index in [0.717, 1.165) is 41.7 Å². The largest absolute Gasteiger partial charge is 0.464 e. The zero-order valence-electron chi connectivity index (χ0n) is 17.9. The molecule has 2 atom stereocenters. The van der Waals surface area contributed by atoms with Crippen LogP contribution in [0.15, 0.2) is 47.2 Å². The van der Waals surface area contributed by atoms with Crippen molar-refractivity contribution in [3.63, 3.8) is 0 Å². The van der Waals surface area contributed by atoms with E-state index in [1.54, 1.807) is 13.1 Å². The second-order valence-corrected chi connectivity index (χ2v) is 9.62. The molecule has 3 aromatic heterocycles. The summed E-state index contributed by atoms with van der Waals surface area (Å²) >= 11 is 1.48. The summed E-state index contributed by atoms with van der Waals surface area (Å²) in [6, 6.07) is 10.8. The Labute approximate surface area is 189 Å². The van der Waals surface area contributed by atoms with E-state index in [0.29, 0.717) is 28.7 Å². The molecule has 2 saturated heterocycles. The van der Waals surface area contributed by atoms with Gasteiger partial charge in [-0.25, -0.2) is 4.98 Å². The number of thiazole rings is 1. The van der Waals surface area contributed by atoms with Crippen LogP contribution in [-0.2, 0) is 11.2 Å². The number of likely N-dealkylation sites (tertiary alicyclic amines) is 1. The van der Waals surface area contributed by atoms with Crippen LogP contribution in [0.2, 0.25) is 0 Å². The summed E-state index contributed by atoms with van der Waals surface area (Å²) in [7, 11) is 0. The fraction of sp³-hybridized carbons (Fsp3) is 0.375. The molecular weight excluding hydrogens is 424 g/mol. The van der Waals surface area contributed by atoms with Crippen molar-refractivity contribution >= 4 is 38.6 Å². The van der Waals surface area contributed by atoms with Crippen LogP contribution in [-0.4, -0.2) is 57.4 Å². The number of hydrogen-bond donors (Lipinski definition) is 0. The Bertz CT molecular complexity index is 1250. The summed E-state index contributed by atoms with van der Waals surface area (Å²) in [5.74, 6) is 0.901. The minimum Gasteiger partial charge on any atom is -0.464 e. The number of carbonyl (C=O) groups is 1. The fourth-order valence-electron chi connectivity index (χ4n) is 5.08. The second-order valence-electron chi connectivity index (χ2n) is 8.62. The third-order valence-electron chi connectivity index (χ3n) is 6.70. The summed E-state index contributed by atoms with van der Waals surface area (Å²) in [5.41, 5.74) is 2.73. The molecular formula is C24H24N4O3S. The SMILES string of the molecule is CC(=O)N1CC2CCC(C1)N2CCc1coc2cc(Oc3nc4ncccc4s3)ccc12. The molecule has 2 aliphatic rings. The van der Waals surface area contributed by atoms with Crippen LogP contribution < -0.4 is 4.74 Å². The van der Waals surface area contributed by atoms with E-state index in [-0.39, 0.29) is 5.91 Å². The van der Waals surface area contributed by atoms with Crippen molar-refractivity contribution in [1.29, 1.82) is 0 Å². The Kier molecular flexibility index (Phi) is 4.84. The van der Waals surface area contributed by atoms with Crippen LogP contribution in [0.1, 0.15) is 25.3 Å². The topological polar surface area (TPSA) is 71.7 Å². The Hall–Kier alpha value is -2.97. The summed E-state index contributed by atoms with van der Waals surface area (Å²) in [4.78, 5) is 25.1. The normalized spacial score (nSPS) is 21.0. The van der Waals surface area contributed by atoms with E-state index in [1.165, 1.54) is 29.7 Å². The maximum atomic E-state index is 11.8. The number of fused-ring (bicyclic) bond motifs is 4. The monoisotopic (exact) mass is 448 g/mol. The molecule has 2 fully saturated rings. The third-order valence-corrected chi connectivity index (χ3v) is 7.58. The predicted molar refractivity (Wildman–Crippen MR) is 123 cm³/mol. The van der Waals surface area contributed by atoms with Crippen molar-refractivity contribution in [3.8, 4) is 10.9 Å². The van der Waals surface area contributed by atoms with Gasteiger partial charge in [0, 0.05) is 56.3 Å². The highest BCUT2D eigenvalue weighted by Gasteiger charge is 2.40. The molecule has 7 nitrogen and oxygen atoms in total. The van der Waals surface area contributed by atoms with Gasteiger partial charge in [0.2, 0.25) is 5.91 Å². The molecule has 5 heterocycles. The summed E-state index contributed by atoms with van der Waals surface area (Å²) in [5, 5.41) is 1.70. The van der Waals surface area contributed by atoms with E-state index in [4.69, 9.17) is 9.15 Å². The number of carbonyl (C=O) groups excluding carboxylic acids is 1. The zero-order chi connectivity index (χ0) is 21.7. The average molecular weight is 449 g/mol. The van der Waals surface area contributed by atoms with Crippen LogP contribution >= 0.6 is 11.3 Å². The number of nitrogens with zero attached hydrogens (tertiary/aromatic N) is 4. The number of benzene rings is 1. The van der Waals surface area contributed by atoms with Crippen LogP contribution in [0.5, 0.6) is 10.9 Å². The van der Waals surface area contributed by atoms with Crippen LogP contribution in [0.3, 0.4) is 0 Å². The standard InChI is InChI=1S/C24H24N4O3S/c1-15(29)27-12-17-4-5-18(13-27)28(17)10-8-16-14-30-21-11-19(6-7-20(16)21)31-24-26-23-22(32-24)3-2-9-25-23/h2-3,6-7,9,11,14,17-18H,4-5,8,10,12-13H2,1H3. The molecule has 0 radical (unpaired) electrons. The molecule has 4 aromatic rings. The lowest BCUT2D eigenvalue weighted by Crippen LogP contribution is -2.55. The Morgan fingerprint density at radius 2 is 2.09 bits per heavy atom. The number of hydrogen-bond acceptors (Lipinski definition) is 7. The van der Waals surface area contributed by atoms with E-state index in [1.807, 2.05) is 35.4 Å². The number of ether oxygens (including phenoxy) is 1. The van der Waals surface area contributed by atoms with E-state index >= 15 is 0 Å². The first-order valence-electron chi connectivity index (χ1n) is 11.0. The first kappa shape index (κ1) is 19.7. The third kappa shape index (κ3) is 3.53. The van der Waals surface area contributed by atoms with Crippen molar-refractivity contribution in [1.82, 2.24) is 19.8 Å². The van der Waals surface area contributed by atoms with Gasteiger partial charge in [0.15, 0.2) is 5.65 Å². The second kappa shape index (κ2) is 7.86. The molecule has 1 amide bonds. The quantitative estimate of drug-likeness (QED) is 0.449.